The van der Waals surface area contributed by atoms with E-state index in [0.29, 0.717) is 12.0 Å². The molecule has 2 nitrogen and oxygen atoms in total. The van der Waals surface area contributed by atoms with Crippen molar-refractivity contribution in [2.24, 2.45) is 5.92 Å². The van der Waals surface area contributed by atoms with Crippen LogP contribution in [0.2, 0.25) is 0 Å². The molecule has 0 bridgehead atoms. The van der Waals surface area contributed by atoms with Gasteiger partial charge in [0.25, 0.3) is 0 Å². The van der Waals surface area contributed by atoms with Crippen LogP contribution in [0.4, 0.5) is 0 Å². The first-order valence-electron chi connectivity index (χ1n) is 5.23. The highest BCUT2D eigenvalue weighted by Gasteiger charge is 2.19. The van der Waals surface area contributed by atoms with E-state index in [2.05, 4.69) is 43.9 Å². The molecule has 0 aliphatic heterocycles. The predicted octanol–water partition coefficient (Wildman–Crippen LogP) is 2.73. The lowest BCUT2D eigenvalue weighted by molar-refractivity contribution is 0.219. The standard InChI is InChI=1S/C12H20N2/c1-5-10(2)12(14(3)4)11-7-6-8-13-9-11/h6-10,12H,5H2,1-4H3/t10-,12-/m1/s1. The quantitative estimate of drug-likeness (QED) is 0.729. The van der Waals surface area contributed by atoms with E-state index in [-0.39, 0.29) is 0 Å². The summed E-state index contributed by atoms with van der Waals surface area (Å²) in [6.45, 7) is 4.52. The molecule has 0 spiro atoms. The number of rotatable bonds is 4. The van der Waals surface area contributed by atoms with E-state index in [0.717, 1.165) is 0 Å². The van der Waals surface area contributed by atoms with Crippen molar-refractivity contribution >= 4 is 0 Å². The zero-order chi connectivity index (χ0) is 10.6. The van der Waals surface area contributed by atoms with Crippen LogP contribution in [0.25, 0.3) is 0 Å². The van der Waals surface area contributed by atoms with Crippen LogP contribution in [0, 0.1) is 5.92 Å². The fraction of sp³-hybridized carbons (Fsp3) is 0.583. The van der Waals surface area contributed by atoms with Crippen molar-refractivity contribution in [3.05, 3.63) is 30.1 Å². The number of aromatic nitrogens is 1. The summed E-state index contributed by atoms with van der Waals surface area (Å²) >= 11 is 0. The molecule has 1 aromatic heterocycles. The molecule has 2 atom stereocenters. The van der Waals surface area contributed by atoms with Gasteiger partial charge in [-0.2, -0.15) is 0 Å². The maximum atomic E-state index is 4.18. The zero-order valence-electron chi connectivity index (χ0n) is 9.57. The largest absolute Gasteiger partial charge is 0.302 e. The lowest BCUT2D eigenvalue weighted by Crippen LogP contribution is -2.25. The minimum Gasteiger partial charge on any atom is -0.302 e. The third-order valence-corrected chi connectivity index (χ3v) is 2.77. The van der Waals surface area contributed by atoms with Gasteiger partial charge in [0.2, 0.25) is 0 Å². The molecule has 0 radical (unpaired) electrons. The van der Waals surface area contributed by atoms with Crippen molar-refractivity contribution in [3.63, 3.8) is 0 Å². The Labute approximate surface area is 87.0 Å². The van der Waals surface area contributed by atoms with Gasteiger partial charge in [-0.15, -0.1) is 0 Å². The second-order valence-electron chi connectivity index (χ2n) is 4.08. The average molecular weight is 192 g/mol. The van der Waals surface area contributed by atoms with E-state index in [1.54, 1.807) is 0 Å². The second-order valence-corrected chi connectivity index (χ2v) is 4.08. The Bertz CT molecular complexity index is 256. The third-order valence-electron chi connectivity index (χ3n) is 2.77. The van der Waals surface area contributed by atoms with Crippen LogP contribution >= 0.6 is 0 Å². The summed E-state index contributed by atoms with van der Waals surface area (Å²) in [5.41, 5.74) is 1.31. The summed E-state index contributed by atoms with van der Waals surface area (Å²) < 4.78 is 0. The first-order chi connectivity index (χ1) is 6.66. The number of nitrogens with zero attached hydrogens (tertiary/aromatic N) is 2. The van der Waals surface area contributed by atoms with Crippen molar-refractivity contribution in [2.45, 2.75) is 26.3 Å². The van der Waals surface area contributed by atoms with Gasteiger partial charge in [0.15, 0.2) is 0 Å². The highest BCUT2D eigenvalue weighted by Crippen LogP contribution is 2.27. The van der Waals surface area contributed by atoms with Gasteiger partial charge < -0.3 is 4.90 Å². The van der Waals surface area contributed by atoms with Crippen LogP contribution < -0.4 is 0 Å². The Morgan fingerprint density at radius 2 is 2.14 bits per heavy atom. The van der Waals surface area contributed by atoms with E-state index in [1.807, 2.05) is 18.5 Å². The van der Waals surface area contributed by atoms with Gasteiger partial charge in [-0.05, 0) is 31.6 Å². The van der Waals surface area contributed by atoms with Crippen molar-refractivity contribution < 1.29 is 0 Å². The normalized spacial score (nSPS) is 15.5. The van der Waals surface area contributed by atoms with Gasteiger partial charge in [0, 0.05) is 18.4 Å². The van der Waals surface area contributed by atoms with E-state index >= 15 is 0 Å². The molecular formula is C12H20N2. The Balaban J connectivity index is 2.89. The summed E-state index contributed by atoms with van der Waals surface area (Å²) in [6, 6.07) is 4.64. The molecule has 0 N–H and O–H groups in total. The molecule has 0 aliphatic rings. The molecule has 0 saturated carbocycles. The number of hydrogen-bond donors (Lipinski definition) is 0. The van der Waals surface area contributed by atoms with Gasteiger partial charge in [0.05, 0.1) is 0 Å². The molecule has 1 aromatic rings. The molecule has 0 unspecified atom stereocenters. The SMILES string of the molecule is CC[C@@H](C)[C@H](c1cccnc1)N(C)C. The van der Waals surface area contributed by atoms with Crippen molar-refractivity contribution in [1.29, 1.82) is 0 Å². The van der Waals surface area contributed by atoms with E-state index in [4.69, 9.17) is 0 Å². The third kappa shape index (κ3) is 2.55. The smallest absolute Gasteiger partial charge is 0.0382 e. The van der Waals surface area contributed by atoms with Crippen LogP contribution in [-0.2, 0) is 0 Å². The van der Waals surface area contributed by atoms with E-state index in [1.165, 1.54) is 12.0 Å². The van der Waals surface area contributed by atoms with Crippen LogP contribution in [0.1, 0.15) is 31.9 Å². The fourth-order valence-electron chi connectivity index (χ4n) is 1.91. The molecule has 1 rings (SSSR count). The molecule has 0 fully saturated rings. The lowest BCUT2D eigenvalue weighted by atomic mass is 9.93. The second kappa shape index (κ2) is 5.11. The minimum absolute atomic E-state index is 0.480. The topological polar surface area (TPSA) is 16.1 Å². The van der Waals surface area contributed by atoms with E-state index in [9.17, 15) is 0 Å². The number of pyridine rings is 1. The maximum absolute atomic E-state index is 4.18. The number of hydrogen-bond acceptors (Lipinski definition) is 2. The molecule has 0 aromatic carbocycles. The van der Waals surface area contributed by atoms with Crippen LogP contribution in [0.3, 0.4) is 0 Å². The monoisotopic (exact) mass is 192 g/mol. The molecule has 0 saturated heterocycles. The summed E-state index contributed by atoms with van der Waals surface area (Å²) in [4.78, 5) is 6.45. The predicted molar refractivity (Wildman–Crippen MR) is 60.1 cm³/mol. The average Bonchev–Trinajstić information content (AvgIpc) is 2.19. The summed E-state index contributed by atoms with van der Waals surface area (Å²) in [5.74, 6) is 0.661. The maximum Gasteiger partial charge on any atom is 0.0382 e. The Morgan fingerprint density at radius 3 is 2.57 bits per heavy atom. The molecule has 2 heteroatoms. The summed E-state index contributed by atoms with van der Waals surface area (Å²) in [6.07, 6.45) is 4.99. The molecule has 0 aliphatic carbocycles. The van der Waals surface area contributed by atoms with Crippen molar-refractivity contribution in [1.82, 2.24) is 9.88 Å². The zero-order valence-corrected chi connectivity index (χ0v) is 9.57. The van der Waals surface area contributed by atoms with Crippen LogP contribution in [0.5, 0.6) is 0 Å². The van der Waals surface area contributed by atoms with Crippen LogP contribution in [0.15, 0.2) is 24.5 Å². The van der Waals surface area contributed by atoms with Crippen molar-refractivity contribution in [2.75, 3.05) is 14.1 Å². The minimum atomic E-state index is 0.480. The first kappa shape index (κ1) is 11.2. The Hall–Kier alpha value is -0.890. The lowest BCUT2D eigenvalue weighted by Gasteiger charge is -2.29. The Morgan fingerprint density at radius 1 is 1.43 bits per heavy atom. The molecular weight excluding hydrogens is 172 g/mol. The molecule has 14 heavy (non-hydrogen) atoms. The van der Waals surface area contributed by atoms with Gasteiger partial charge in [-0.25, -0.2) is 0 Å². The van der Waals surface area contributed by atoms with Crippen molar-refractivity contribution in [3.8, 4) is 0 Å². The van der Waals surface area contributed by atoms with Crippen LogP contribution in [-0.4, -0.2) is 24.0 Å². The highest BCUT2D eigenvalue weighted by molar-refractivity contribution is 5.14. The summed E-state index contributed by atoms with van der Waals surface area (Å²) in [5, 5.41) is 0. The molecule has 78 valence electrons. The molecule has 1 heterocycles. The fourth-order valence-corrected chi connectivity index (χ4v) is 1.91. The first-order valence-corrected chi connectivity index (χ1v) is 5.23. The molecule has 0 amide bonds. The van der Waals surface area contributed by atoms with Gasteiger partial charge >= 0.3 is 0 Å². The summed E-state index contributed by atoms with van der Waals surface area (Å²) in [7, 11) is 4.26. The highest BCUT2D eigenvalue weighted by atomic mass is 15.1. The Kier molecular flexibility index (Phi) is 4.08. The van der Waals surface area contributed by atoms with Gasteiger partial charge in [0.1, 0.15) is 0 Å². The van der Waals surface area contributed by atoms with Gasteiger partial charge in [-0.1, -0.05) is 26.3 Å². The van der Waals surface area contributed by atoms with Gasteiger partial charge in [-0.3, -0.25) is 4.98 Å². The van der Waals surface area contributed by atoms with E-state index < -0.39 is 0 Å².